The second kappa shape index (κ2) is 11.7. The van der Waals surface area contributed by atoms with Gasteiger partial charge in [0.15, 0.2) is 0 Å². The summed E-state index contributed by atoms with van der Waals surface area (Å²) in [7, 11) is -5.79. The molecule has 0 bridgehead atoms. The van der Waals surface area contributed by atoms with Crippen LogP contribution in [0.5, 0.6) is 0 Å². The first-order chi connectivity index (χ1) is 22.5. The van der Waals surface area contributed by atoms with E-state index in [0.29, 0.717) is 5.56 Å². The molecule has 0 saturated heterocycles. The molecule has 4 heteroatoms. The molecule has 0 aliphatic rings. The fourth-order valence-electron chi connectivity index (χ4n) is 7.19. The molecule has 0 unspecified atom stereocenters. The molecule has 0 spiro atoms. The monoisotopic (exact) mass is 692 g/mol. The summed E-state index contributed by atoms with van der Waals surface area (Å²) in [6, 6.07) is 26.8. The van der Waals surface area contributed by atoms with Gasteiger partial charge in [-0.3, -0.25) is 0 Å². The van der Waals surface area contributed by atoms with Crippen LogP contribution in [0.15, 0.2) is 78.9 Å². The van der Waals surface area contributed by atoms with E-state index in [1.165, 1.54) is 11.1 Å². The van der Waals surface area contributed by atoms with Gasteiger partial charge in [0.1, 0.15) is 0 Å². The molecule has 0 aromatic heterocycles. The second-order valence-electron chi connectivity index (χ2n) is 19.8. The van der Waals surface area contributed by atoms with Crippen molar-refractivity contribution in [3.63, 3.8) is 0 Å². The van der Waals surface area contributed by atoms with E-state index >= 15 is 0 Å². The van der Waals surface area contributed by atoms with E-state index < -0.39 is 12.7 Å². The van der Waals surface area contributed by atoms with Crippen molar-refractivity contribution in [2.45, 2.75) is 131 Å². The van der Waals surface area contributed by atoms with Crippen LogP contribution in [0.3, 0.4) is 0 Å². The summed E-state index contributed by atoms with van der Waals surface area (Å²) in [6.07, 6.45) is 0. The average molecular weight is 693 g/mol. The summed E-state index contributed by atoms with van der Waals surface area (Å²) in [5, 5.41) is 4.53. The Morgan fingerprint density at radius 2 is 0.900 bits per heavy atom. The predicted molar refractivity (Wildman–Crippen MR) is 220 cm³/mol. The summed E-state index contributed by atoms with van der Waals surface area (Å²) in [5.41, 5.74) is 5.86. The molecule has 0 fully saturated rings. The number of benzene rings is 5. The van der Waals surface area contributed by atoms with Gasteiger partial charge in [0, 0.05) is 0 Å². The van der Waals surface area contributed by atoms with Crippen LogP contribution in [-0.2, 0) is 27.1 Å². The van der Waals surface area contributed by atoms with Gasteiger partial charge in [0.05, 0.1) is 0 Å². The third kappa shape index (κ3) is 7.05. The quantitative estimate of drug-likeness (QED) is 0.165. The van der Waals surface area contributed by atoms with Gasteiger partial charge < -0.3 is 0 Å². The van der Waals surface area contributed by atoms with Gasteiger partial charge in [-0.1, -0.05) is 0 Å². The Kier molecular flexibility index (Phi) is 8.95. The molecule has 268 valence electrons. The van der Waals surface area contributed by atoms with Crippen molar-refractivity contribution >= 4 is 39.4 Å². The van der Waals surface area contributed by atoms with E-state index in [-0.39, 0.29) is 32.3 Å². The number of fused-ring (bicyclic) bond motifs is 2. The fourth-order valence-corrected chi connectivity index (χ4v) is 9.66. The molecular weight excluding hydrogens is 631 g/mol. The van der Waals surface area contributed by atoms with E-state index in [0.717, 1.165) is 43.8 Å². The fraction of sp³-hybridized carbons (Fsp3) is 0.435. The van der Waals surface area contributed by atoms with Crippen LogP contribution >= 0.6 is 7.28 Å². The Hall–Kier alpha value is -3.07. The molecule has 0 heterocycles. The van der Waals surface area contributed by atoms with Gasteiger partial charge in [0.2, 0.25) is 0 Å². The average Bonchev–Trinajstić information content (AvgIpc) is 2.96. The van der Waals surface area contributed by atoms with Crippen LogP contribution < -0.4 is 10.6 Å². The van der Waals surface area contributed by atoms with Gasteiger partial charge in [-0.15, -0.1) is 0 Å². The standard InChI is InChI=1S/C46H61O3P/c1-42(2,3)32-21-20-29-24-36(37(44(7,8)9)25-30(29)22-32)34-18-16-17-19-40(34)50(47,48,49)41-28-35-31(26-39(41)46(13,14)15)23-33(43(4,5)6)27-38(35)45(10,11)12/h16-28,47-49H,1-15H3. The molecule has 5 aromatic rings. The van der Waals surface area contributed by atoms with Crippen LogP contribution in [0, 0.1) is 0 Å². The first kappa shape index (κ1) is 38.2. The van der Waals surface area contributed by atoms with Crippen LogP contribution in [0.4, 0.5) is 0 Å². The summed E-state index contributed by atoms with van der Waals surface area (Å²) >= 11 is 0. The first-order valence-corrected chi connectivity index (χ1v) is 20.2. The molecule has 0 aliphatic carbocycles. The molecule has 5 aromatic carbocycles. The number of rotatable bonds is 3. The van der Waals surface area contributed by atoms with Crippen molar-refractivity contribution in [1.29, 1.82) is 0 Å². The van der Waals surface area contributed by atoms with E-state index in [9.17, 15) is 14.7 Å². The zero-order valence-electron chi connectivity index (χ0n) is 33.3. The summed E-state index contributed by atoms with van der Waals surface area (Å²) in [6.45, 7) is 32.7. The SMILES string of the molecule is CC(C)(C)c1ccc2cc(-c3ccccc3P(O)(O)(O)c3cc4c(C(C)(C)C)cc(C(C)(C)C)cc4cc3C(C)(C)C)c(C(C)(C)C)cc2c1. The van der Waals surface area contributed by atoms with Crippen molar-refractivity contribution in [2.24, 2.45) is 0 Å². The maximum absolute atomic E-state index is 12.8. The van der Waals surface area contributed by atoms with Crippen LogP contribution in [0.1, 0.15) is 132 Å². The Labute approximate surface area is 302 Å². The van der Waals surface area contributed by atoms with Crippen LogP contribution in [0.25, 0.3) is 32.7 Å². The van der Waals surface area contributed by atoms with Crippen LogP contribution in [-0.4, -0.2) is 14.7 Å². The predicted octanol–water partition coefficient (Wildman–Crippen LogP) is 11.4. The normalized spacial score (nSPS) is 14.6. The first-order valence-electron chi connectivity index (χ1n) is 18.1. The van der Waals surface area contributed by atoms with Crippen molar-refractivity contribution in [3.8, 4) is 11.1 Å². The molecule has 0 amide bonds. The Morgan fingerprint density at radius 3 is 1.44 bits per heavy atom. The molecule has 0 radical (unpaired) electrons. The van der Waals surface area contributed by atoms with E-state index in [4.69, 9.17) is 0 Å². The number of hydrogen-bond acceptors (Lipinski definition) is 3. The zero-order valence-corrected chi connectivity index (χ0v) is 34.2. The van der Waals surface area contributed by atoms with Gasteiger partial charge in [-0.25, -0.2) is 0 Å². The van der Waals surface area contributed by atoms with Gasteiger partial charge in [0.25, 0.3) is 0 Å². The zero-order chi connectivity index (χ0) is 37.6. The van der Waals surface area contributed by atoms with E-state index in [1.54, 1.807) is 12.1 Å². The summed E-state index contributed by atoms with van der Waals surface area (Å²) in [4.78, 5) is 38.5. The molecule has 50 heavy (non-hydrogen) atoms. The van der Waals surface area contributed by atoms with Crippen LogP contribution in [0.2, 0.25) is 0 Å². The molecule has 0 atom stereocenters. The molecule has 0 aliphatic heterocycles. The van der Waals surface area contributed by atoms with E-state index in [2.05, 4.69) is 152 Å². The molecular formula is C46H61O3P. The summed E-state index contributed by atoms with van der Waals surface area (Å²) < 4.78 is 0. The van der Waals surface area contributed by atoms with Crippen molar-refractivity contribution in [2.75, 3.05) is 0 Å². The van der Waals surface area contributed by atoms with Gasteiger partial charge in [-0.05, 0) is 0 Å². The molecule has 5 rings (SSSR count). The second-order valence-corrected chi connectivity index (χ2v) is 22.7. The maximum atomic E-state index is 12.8. The minimum absolute atomic E-state index is 0.00898. The topological polar surface area (TPSA) is 60.7 Å². The Morgan fingerprint density at radius 1 is 0.380 bits per heavy atom. The van der Waals surface area contributed by atoms with Crippen molar-refractivity contribution in [1.82, 2.24) is 0 Å². The minimum atomic E-state index is -5.79. The van der Waals surface area contributed by atoms with E-state index in [1.807, 2.05) is 18.2 Å². The molecule has 0 saturated carbocycles. The Bertz CT molecular complexity index is 2110. The number of hydrogen-bond donors (Lipinski definition) is 3. The molecule has 3 nitrogen and oxygen atoms in total. The third-order valence-corrected chi connectivity index (χ3v) is 12.8. The van der Waals surface area contributed by atoms with Crippen molar-refractivity contribution < 1.29 is 14.7 Å². The molecule has 3 N–H and O–H groups in total. The van der Waals surface area contributed by atoms with Gasteiger partial charge in [-0.2, -0.15) is 0 Å². The third-order valence-electron chi connectivity index (χ3n) is 10.3. The Balaban J connectivity index is 1.89. The van der Waals surface area contributed by atoms with Gasteiger partial charge >= 0.3 is 303 Å². The summed E-state index contributed by atoms with van der Waals surface area (Å²) in [5.74, 6) is 0. The van der Waals surface area contributed by atoms with Crippen molar-refractivity contribution in [3.05, 3.63) is 107 Å².